The Kier molecular flexibility index (Phi) is 6.22. The van der Waals surface area contributed by atoms with Crippen LogP contribution in [0.25, 0.3) is 0 Å². The van der Waals surface area contributed by atoms with Crippen molar-refractivity contribution in [2.75, 3.05) is 5.32 Å². The van der Waals surface area contributed by atoms with E-state index in [1.165, 1.54) is 6.07 Å². The van der Waals surface area contributed by atoms with Gasteiger partial charge in [-0.15, -0.1) is 0 Å². The third-order valence-electron chi connectivity index (χ3n) is 3.68. The first-order valence-corrected chi connectivity index (χ1v) is 8.34. The molecule has 8 heteroatoms. The highest BCUT2D eigenvalue weighted by molar-refractivity contribution is 9.10. The fraction of sp³-hybridized carbons (Fsp3) is 0.235. The number of halogens is 2. The van der Waals surface area contributed by atoms with Gasteiger partial charge in [-0.3, -0.25) is 20.2 Å². The molecule has 6 nitrogen and oxygen atoms in total. The molecule has 0 radical (unpaired) electrons. The molecule has 0 aromatic heterocycles. The second-order valence-electron chi connectivity index (χ2n) is 5.54. The first kappa shape index (κ1) is 19.0. The summed E-state index contributed by atoms with van der Waals surface area (Å²) in [7, 11) is 0. The van der Waals surface area contributed by atoms with E-state index in [-0.39, 0.29) is 17.6 Å². The number of amides is 1. The van der Waals surface area contributed by atoms with Crippen molar-refractivity contribution in [3.05, 3.63) is 68.4 Å². The highest BCUT2D eigenvalue weighted by Gasteiger charge is 2.20. The van der Waals surface area contributed by atoms with Crippen LogP contribution in [-0.2, 0) is 4.79 Å². The molecule has 0 saturated carbocycles. The van der Waals surface area contributed by atoms with Crippen LogP contribution in [0.1, 0.15) is 25.5 Å². The molecule has 0 spiro atoms. The van der Waals surface area contributed by atoms with Crippen molar-refractivity contribution >= 4 is 33.2 Å². The van der Waals surface area contributed by atoms with Gasteiger partial charge in [0, 0.05) is 22.3 Å². The van der Waals surface area contributed by atoms with Crippen LogP contribution >= 0.6 is 15.9 Å². The summed E-state index contributed by atoms with van der Waals surface area (Å²) in [6, 6.07) is 10.2. The summed E-state index contributed by atoms with van der Waals surface area (Å²) in [6.07, 6.45) is 0. The van der Waals surface area contributed by atoms with Gasteiger partial charge in [0.25, 0.3) is 0 Å². The molecule has 2 aromatic rings. The predicted octanol–water partition coefficient (Wildman–Crippen LogP) is 4.17. The SMILES string of the molecule is C[C@H](N[C@@H](C)c1ccccc1Br)C(=O)Nc1ccc(F)c([N+](=O)[O-])c1. The fourth-order valence-corrected chi connectivity index (χ4v) is 2.98. The van der Waals surface area contributed by atoms with E-state index in [4.69, 9.17) is 0 Å². The Morgan fingerprint density at radius 2 is 1.92 bits per heavy atom. The lowest BCUT2D eigenvalue weighted by Crippen LogP contribution is -2.39. The molecule has 0 bridgehead atoms. The Labute approximate surface area is 152 Å². The third kappa shape index (κ3) is 4.83. The zero-order valence-corrected chi connectivity index (χ0v) is 15.2. The number of carbonyl (C=O) groups is 1. The zero-order chi connectivity index (χ0) is 18.6. The van der Waals surface area contributed by atoms with Gasteiger partial charge in [-0.2, -0.15) is 4.39 Å². The number of nitrogens with zero attached hydrogens (tertiary/aromatic N) is 1. The molecule has 0 saturated heterocycles. The zero-order valence-electron chi connectivity index (χ0n) is 13.6. The number of nitro benzene ring substituents is 1. The molecule has 1 amide bonds. The van der Waals surface area contributed by atoms with E-state index in [2.05, 4.69) is 26.6 Å². The van der Waals surface area contributed by atoms with Crippen LogP contribution in [0, 0.1) is 15.9 Å². The van der Waals surface area contributed by atoms with Crippen molar-refractivity contribution in [1.29, 1.82) is 0 Å². The molecule has 2 atom stereocenters. The molecule has 25 heavy (non-hydrogen) atoms. The van der Waals surface area contributed by atoms with Gasteiger partial charge in [-0.25, -0.2) is 0 Å². The first-order chi connectivity index (χ1) is 11.8. The second-order valence-corrected chi connectivity index (χ2v) is 6.40. The van der Waals surface area contributed by atoms with E-state index in [1.54, 1.807) is 6.92 Å². The summed E-state index contributed by atoms with van der Waals surface area (Å²) in [5, 5.41) is 16.5. The summed E-state index contributed by atoms with van der Waals surface area (Å²) in [4.78, 5) is 22.2. The molecular weight excluding hydrogens is 393 g/mol. The Hall–Kier alpha value is -2.32. The summed E-state index contributed by atoms with van der Waals surface area (Å²) in [6.45, 7) is 3.60. The quantitative estimate of drug-likeness (QED) is 0.553. The molecular formula is C17H17BrFN3O3. The summed E-state index contributed by atoms with van der Waals surface area (Å²) in [5.74, 6) is -1.32. The van der Waals surface area contributed by atoms with Gasteiger partial charge in [0.2, 0.25) is 11.7 Å². The normalized spacial score (nSPS) is 13.1. The molecule has 2 N–H and O–H groups in total. The minimum Gasteiger partial charge on any atom is -0.324 e. The van der Waals surface area contributed by atoms with Crippen molar-refractivity contribution in [2.24, 2.45) is 0 Å². The molecule has 2 rings (SSSR count). The highest BCUT2D eigenvalue weighted by atomic mass is 79.9. The average Bonchev–Trinajstić information content (AvgIpc) is 2.56. The summed E-state index contributed by atoms with van der Waals surface area (Å²) in [5.41, 5.74) is 0.486. The van der Waals surface area contributed by atoms with Gasteiger partial charge < -0.3 is 5.32 Å². The summed E-state index contributed by atoms with van der Waals surface area (Å²) < 4.78 is 14.3. The van der Waals surface area contributed by atoms with E-state index in [1.807, 2.05) is 31.2 Å². The van der Waals surface area contributed by atoms with Crippen molar-refractivity contribution in [2.45, 2.75) is 25.9 Å². The van der Waals surface area contributed by atoms with E-state index >= 15 is 0 Å². The minimum atomic E-state index is -0.947. The van der Waals surface area contributed by atoms with Crippen LogP contribution in [0.15, 0.2) is 46.9 Å². The van der Waals surface area contributed by atoms with Gasteiger partial charge in [-0.1, -0.05) is 34.1 Å². The van der Waals surface area contributed by atoms with Crippen molar-refractivity contribution in [3.8, 4) is 0 Å². The van der Waals surface area contributed by atoms with Crippen LogP contribution in [0.3, 0.4) is 0 Å². The van der Waals surface area contributed by atoms with Crippen molar-refractivity contribution in [1.82, 2.24) is 5.32 Å². The number of hydrogen-bond donors (Lipinski definition) is 2. The number of anilines is 1. The Morgan fingerprint density at radius 3 is 2.56 bits per heavy atom. The molecule has 132 valence electrons. The van der Waals surface area contributed by atoms with Gasteiger partial charge in [0.1, 0.15) is 0 Å². The molecule has 0 unspecified atom stereocenters. The topological polar surface area (TPSA) is 84.3 Å². The number of benzene rings is 2. The lowest BCUT2D eigenvalue weighted by Gasteiger charge is -2.21. The van der Waals surface area contributed by atoms with E-state index in [9.17, 15) is 19.3 Å². The van der Waals surface area contributed by atoms with Gasteiger partial charge in [0.05, 0.1) is 11.0 Å². The maximum atomic E-state index is 13.3. The molecule has 0 aliphatic rings. The fourth-order valence-electron chi connectivity index (χ4n) is 2.35. The number of carbonyl (C=O) groups excluding carboxylic acids is 1. The standard InChI is InChI=1S/C17H17BrFN3O3/c1-10(13-5-3-4-6-14(13)18)20-11(2)17(23)21-12-7-8-15(19)16(9-12)22(24)25/h3-11,20H,1-2H3,(H,21,23)/t10-,11-/m0/s1. The predicted molar refractivity (Wildman–Crippen MR) is 96.8 cm³/mol. The van der Waals surface area contributed by atoms with E-state index < -0.39 is 22.5 Å². The number of hydrogen-bond acceptors (Lipinski definition) is 4. The van der Waals surface area contributed by atoms with Crippen molar-refractivity contribution in [3.63, 3.8) is 0 Å². The Morgan fingerprint density at radius 1 is 1.24 bits per heavy atom. The van der Waals surface area contributed by atoms with Crippen molar-refractivity contribution < 1.29 is 14.1 Å². The first-order valence-electron chi connectivity index (χ1n) is 7.55. The molecule has 0 aliphatic carbocycles. The lowest BCUT2D eigenvalue weighted by atomic mass is 10.1. The van der Waals surface area contributed by atoms with Gasteiger partial charge in [0.15, 0.2) is 0 Å². The van der Waals surface area contributed by atoms with Gasteiger partial charge in [-0.05, 0) is 37.6 Å². The van der Waals surface area contributed by atoms with Crippen LogP contribution in [0.4, 0.5) is 15.8 Å². The maximum absolute atomic E-state index is 13.3. The number of nitrogens with one attached hydrogen (secondary N) is 2. The molecule has 0 heterocycles. The third-order valence-corrected chi connectivity index (χ3v) is 4.40. The van der Waals surface area contributed by atoms with Crippen LogP contribution < -0.4 is 10.6 Å². The van der Waals surface area contributed by atoms with Crippen LogP contribution in [0.5, 0.6) is 0 Å². The van der Waals surface area contributed by atoms with Gasteiger partial charge >= 0.3 is 5.69 Å². The minimum absolute atomic E-state index is 0.0983. The Balaban J connectivity index is 2.04. The summed E-state index contributed by atoms with van der Waals surface area (Å²) >= 11 is 3.47. The maximum Gasteiger partial charge on any atom is 0.306 e. The Bertz CT molecular complexity index is 800. The lowest BCUT2D eigenvalue weighted by molar-refractivity contribution is -0.387. The monoisotopic (exact) mass is 409 g/mol. The van der Waals surface area contributed by atoms with Crippen LogP contribution in [-0.4, -0.2) is 16.9 Å². The largest absolute Gasteiger partial charge is 0.324 e. The molecule has 0 fully saturated rings. The average molecular weight is 410 g/mol. The second kappa shape index (κ2) is 8.17. The van der Waals surface area contributed by atoms with E-state index in [0.29, 0.717) is 0 Å². The van der Waals surface area contributed by atoms with Crippen LogP contribution in [0.2, 0.25) is 0 Å². The molecule has 2 aromatic carbocycles. The number of rotatable bonds is 6. The van der Waals surface area contributed by atoms with E-state index in [0.717, 1.165) is 22.2 Å². The highest BCUT2D eigenvalue weighted by Crippen LogP contribution is 2.24. The number of nitro groups is 1. The molecule has 0 aliphatic heterocycles. The smallest absolute Gasteiger partial charge is 0.306 e.